The molecule has 0 aliphatic carbocycles. The fraction of sp³-hybridized carbons (Fsp3) is 0.150. The first-order valence-electron chi connectivity index (χ1n) is 8.10. The van der Waals surface area contributed by atoms with Crippen LogP contribution in [-0.4, -0.2) is 15.6 Å². The maximum atomic E-state index is 12.8. The van der Waals surface area contributed by atoms with Crippen molar-refractivity contribution in [3.8, 4) is 22.4 Å². The van der Waals surface area contributed by atoms with E-state index in [1.165, 1.54) is 11.6 Å². The zero-order valence-corrected chi connectivity index (χ0v) is 15.8. The Bertz CT molecular complexity index is 1020. The van der Waals surface area contributed by atoms with Crippen molar-refractivity contribution in [3.05, 3.63) is 74.5 Å². The topological polar surface area (TPSA) is 52.0 Å². The summed E-state index contributed by atoms with van der Waals surface area (Å²) in [5.41, 5.74) is 2.25. The Labute approximate surface area is 161 Å². The lowest BCUT2D eigenvalue weighted by molar-refractivity contribution is 0.101. The molecule has 0 spiro atoms. The van der Waals surface area contributed by atoms with E-state index in [1.54, 1.807) is 36.4 Å². The number of ketones is 1. The molecule has 0 fully saturated rings. The summed E-state index contributed by atoms with van der Waals surface area (Å²) in [5.74, 6) is -0.306. The number of benzene rings is 2. The second-order valence-electron chi connectivity index (χ2n) is 5.79. The first-order valence-corrected chi connectivity index (χ1v) is 8.86. The molecule has 0 atom stereocenters. The summed E-state index contributed by atoms with van der Waals surface area (Å²) in [5, 5.41) is 5.67. The Kier molecular flexibility index (Phi) is 5.25. The van der Waals surface area contributed by atoms with Gasteiger partial charge in [0.05, 0.1) is 11.3 Å². The smallest absolute Gasteiger partial charge is 0.278 e. The highest BCUT2D eigenvalue weighted by molar-refractivity contribution is 6.31. The van der Waals surface area contributed by atoms with Gasteiger partial charge in [-0.2, -0.15) is 5.10 Å². The summed E-state index contributed by atoms with van der Waals surface area (Å²) < 4.78 is 1.31. The first-order chi connectivity index (χ1) is 12.4. The van der Waals surface area contributed by atoms with Gasteiger partial charge in [-0.1, -0.05) is 47.5 Å². The van der Waals surface area contributed by atoms with Crippen LogP contribution in [0.3, 0.4) is 0 Å². The van der Waals surface area contributed by atoms with Crippen molar-refractivity contribution in [3.63, 3.8) is 0 Å². The number of carbonyl (C=O) groups is 1. The van der Waals surface area contributed by atoms with Crippen LogP contribution in [-0.2, 0) is 6.54 Å². The highest BCUT2D eigenvalue weighted by Crippen LogP contribution is 2.33. The average Bonchev–Trinajstić information content (AvgIpc) is 2.62. The highest BCUT2D eigenvalue weighted by atomic mass is 35.5. The number of aromatic nitrogens is 2. The lowest BCUT2D eigenvalue weighted by atomic mass is 9.94. The standard InChI is InChI=1S/C20H16Cl2N2O2/c1-3-24-20(26)17(12(2)25)18(13-4-8-15(21)9-5-13)19(23-24)14-6-10-16(22)11-7-14/h4-11H,3H2,1-2H3. The second kappa shape index (κ2) is 7.44. The fourth-order valence-electron chi connectivity index (χ4n) is 2.82. The number of nitrogens with zero attached hydrogens (tertiary/aromatic N) is 2. The predicted molar refractivity (Wildman–Crippen MR) is 105 cm³/mol. The Morgan fingerprint density at radius 3 is 1.92 bits per heavy atom. The maximum Gasteiger partial charge on any atom is 0.278 e. The van der Waals surface area contributed by atoms with Gasteiger partial charge in [0.25, 0.3) is 5.56 Å². The van der Waals surface area contributed by atoms with Crippen LogP contribution in [0.1, 0.15) is 24.2 Å². The van der Waals surface area contributed by atoms with E-state index in [9.17, 15) is 9.59 Å². The van der Waals surface area contributed by atoms with Crippen molar-refractivity contribution in [1.29, 1.82) is 0 Å². The number of aryl methyl sites for hydroxylation is 1. The predicted octanol–water partition coefficient (Wildman–Crippen LogP) is 5.11. The molecule has 2 aromatic carbocycles. The van der Waals surface area contributed by atoms with Gasteiger partial charge in [0, 0.05) is 27.7 Å². The van der Waals surface area contributed by atoms with E-state index in [0.717, 1.165) is 5.56 Å². The normalized spacial score (nSPS) is 10.8. The molecule has 3 rings (SSSR count). The lowest BCUT2D eigenvalue weighted by Gasteiger charge is -2.15. The van der Waals surface area contributed by atoms with Crippen molar-refractivity contribution in [2.24, 2.45) is 0 Å². The molecule has 0 aliphatic rings. The van der Waals surface area contributed by atoms with Crippen LogP contribution in [0, 0.1) is 0 Å². The third-order valence-electron chi connectivity index (χ3n) is 4.06. The minimum atomic E-state index is -0.400. The van der Waals surface area contributed by atoms with Gasteiger partial charge in [-0.05, 0) is 43.7 Å². The molecule has 1 heterocycles. The summed E-state index contributed by atoms with van der Waals surface area (Å²) >= 11 is 12.0. The van der Waals surface area contributed by atoms with E-state index in [1.807, 2.05) is 19.1 Å². The summed E-state index contributed by atoms with van der Waals surface area (Å²) in [7, 11) is 0. The van der Waals surface area contributed by atoms with Gasteiger partial charge in [0.2, 0.25) is 0 Å². The Balaban J connectivity index is 2.43. The molecule has 0 aliphatic heterocycles. The molecule has 3 aromatic rings. The van der Waals surface area contributed by atoms with Crippen LogP contribution >= 0.6 is 23.2 Å². The van der Waals surface area contributed by atoms with Gasteiger partial charge in [0.15, 0.2) is 5.78 Å². The van der Waals surface area contributed by atoms with Crippen LogP contribution < -0.4 is 5.56 Å². The van der Waals surface area contributed by atoms with Crippen molar-refractivity contribution in [2.45, 2.75) is 20.4 Å². The second-order valence-corrected chi connectivity index (χ2v) is 6.66. The van der Waals surface area contributed by atoms with Crippen molar-refractivity contribution in [2.75, 3.05) is 0 Å². The van der Waals surface area contributed by atoms with Crippen molar-refractivity contribution >= 4 is 29.0 Å². The summed E-state index contributed by atoms with van der Waals surface area (Å²) in [4.78, 5) is 25.1. The molecule has 0 N–H and O–H groups in total. The summed E-state index contributed by atoms with van der Waals surface area (Å²) in [6.07, 6.45) is 0. The average molecular weight is 387 g/mol. The van der Waals surface area contributed by atoms with Crippen LogP contribution in [0.2, 0.25) is 10.0 Å². The maximum absolute atomic E-state index is 12.8. The fourth-order valence-corrected chi connectivity index (χ4v) is 3.07. The largest absolute Gasteiger partial charge is 0.294 e. The van der Waals surface area contributed by atoms with E-state index in [4.69, 9.17) is 23.2 Å². The molecule has 26 heavy (non-hydrogen) atoms. The molecule has 0 saturated carbocycles. The third kappa shape index (κ3) is 3.43. The Morgan fingerprint density at radius 1 is 0.962 bits per heavy atom. The Morgan fingerprint density at radius 2 is 1.46 bits per heavy atom. The van der Waals surface area contributed by atoms with E-state index < -0.39 is 5.56 Å². The molecule has 6 heteroatoms. The van der Waals surface area contributed by atoms with Crippen LogP contribution in [0.4, 0.5) is 0 Å². The number of hydrogen-bond donors (Lipinski definition) is 0. The van der Waals surface area contributed by atoms with Crippen molar-refractivity contribution < 1.29 is 4.79 Å². The van der Waals surface area contributed by atoms with Gasteiger partial charge in [-0.15, -0.1) is 0 Å². The molecule has 0 unspecified atom stereocenters. The monoisotopic (exact) mass is 386 g/mol. The number of carbonyl (C=O) groups excluding carboxylic acids is 1. The number of halogens is 2. The van der Waals surface area contributed by atoms with Gasteiger partial charge < -0.3 is 0 Å². The number of Topliss-reactive ketones (excluding diaryl/α,β-unsaturated/α-hetero) is 1. The SMILES string of the molecule is CCn1nc(-c2ccc(Cl)cc2)c(-c2ccc(Cl)cc2)c(C(C)=O)c1=O. The zero-order valence-electron chi connectivity index (χ0n) is 14.3. The molecular formula is C20H16Cl2N2O2. The quantitative estimate of drug-likeness (QED) is 0.585. The molecule has 0 amide bonds. The molecular weight excluding hydrogens is 371 g/mol. The number of rotatable bonds is 4. The molecule has 0 radical (unpaired) electrons. The highest BCUT2D eigenvalue weighted by Gasteiger charge is 2.22. The minimum absolute atomic E-state index is 0.120. The molecule has 4 nitrogen and oxygen atoms in total. The minimum Gasteiger partial charge on any atom is -0.294 e. The van der Waals surface area contributed by atoms with E-state index in [0.29, 0.717) is 33.4 Å². The van der Waals surface area contributed by atoms with Crippen LogP contribution in [0.15, 0.2) is 53.3 Å². The summed E-state index contributed by atoms with van der Waals surface area (Å²) in [6, 6.07) is 14.1. The Hall–Kier alpha value is -2.43. The zero-order chi connectivity index (χ0) is 18.8. The van der Waals surface area contributed by atoms with E-state index >= 15 is 0 Å². The lowest BCUT2D eigenvalue weighted by Crippen LogP contribution is -2.29. The van der Waals surface area contributed by atoms with Crippen LogP contribution in [0.25, 0.3) is 22.4 Å². The molecule has 132 valence electrons. The number of hydrogen-bond acceptors (Lipinski definition) is 3. The van der Waals surface area contributed by atoms with Gasteiger partial charge in [0.1, 0.15) is 0 Å². The first kappa shape index (κ1) is 18.4. The molecule has 1 aromatic heterocycles. The molecule has 0 saturated heterocycles. The molecule has 0 bridgehead atoms. The van der Waals surface area contributed by atoms with Crippen LogP contribution in [0.5, 0.6) is 0 Å². The van der Waals surface area contributed by atoms with E-state index in [2.05, 4.69) is 5.10 Å². The van der Waals surface area contributed by atoms with Crippen molar-refractivity contribution in [1.82, 2.24) is 9.78 Å². The van der Waals surface area contributed by atoms with Gasteiger partial charge >= 0.3 is 0 Å². The van der Waals surface area contributed by atoms with Gasteiger partial charge in [-0.3, -0.25) is 9.59 Å². The van der Waals surface area contributed by atoms with E-state index in [-0.39, 0.29) is 11.3 Å². The summed E-state index contributed by atoms with van der Waals surface area (Å²) in [6.45, 7) is 3.56. The van der Waals surface area contributed by atoms with Gasteiger partial charge in [-0.25, -0.2) is 4.68 Å². The third-order valence-corrected chi connectivity index (χ3v) is 4.56.